The molecule has 2 aliphatic carbocycles. The molecule has 1 aromatic heterocycles. The van der Waals surface area contributed by atoms with Crippen molar-refractivity contribution in [1.82, 2.24) is 15.1 Å². The first-order chi connectivity index (χ1) is 19.4. The zero-order valence-corrected chi connectivity index (χ0v) is 24.4. The average Bonchev–Trinajstić information content (AvgIpc) is 3.44. The number of nitrogens with zero attached hydrogens (tertiary/aromatic N) is 2. The quantitative estimate of drug-likeness (QED) is 0.351. The number of alkyl carbamates (subject to hydrolysis) is 1. The number of carbonyl (C=O) groups is 3. The molecule has 5 N–H and O–H groups in total. The molecule has 1 heterocycles. The molecule has 1 aromatic carbocycles. The number of nitrogens with one attached hydrogen (secondary N) is 2. The first-order valence-electron chi connectivity index (χ1n) is 14.0. The van der Waals surface area contributed by atoms with Crippen molar-refractivity contribution in [3.05, 3.63) is 40.7 Å². The van der Waals surface area contributed by atoms with Gasteiger partial charge in [-0.05, 0) is 76.5 Å². The van der Waals surface area contributed by atoms with E-state index in [4.69, 9.17) is 10.5 Å². The van der Waals surface area contributed by atoms with E-state index >= 15 is 0 Å². The van der Waals surface area contributed by atoms with Crippen LogP contribution in [-0.2, 0) is 28.5 Å². The van der Waals surface area contributed by atoms with Gasteiger partial charge in [0.1, 0.15) is 11.6 Å². The highest BCUT2D eigenvalue weighted by Crippen LogP contribution is 2.42. The van der Waals surface area contributed by atoms with Crippen LogP contribution >= 0.6 is 0 Å². The van der Waals surface area contributed by atoms with Crippen LogP contribution in [0.25, 0.3) is 5.69 Å². The van der Waals surface area contributed by atoms with Gasteiger partial charge >= 0.3 is 18.2 Å². The minimum Gasteiger partial charge on any atom is -0.480 e. The number of carboxylic acids is 1. The van der Waals surface area contributed by atoms with Crippen LogP contribution in [0.4, 0.5) is 23.7 Å². The van der Waals surface area contributed by atoms with Gasteiger partial charge in [0.2, 0.25) is 0 Å². The SMILES string of the molecule is CC1(C)CCc2c(C(F)(F)F)nn(-c3ccc(C(N)=O)c(NC4CCC[C@@H]4[C@H](NC(=O)OC(C)(C)C)C(=O)O)c3)c2C1. The van der Waals surface area contributed by atoms with Gasteiger partial charge in [0.25, 0.3) is 5.91 Å². The Bertz CT molecular complexity index is 1380. The smallest absolute Gasteiger partial charge is 0.435 e. The molecule has 10 nitrogen and oxygen atoms in total. The van der Waals surface area contributed by atoms with Crippen molar-refractivity contribution >= 4 is 23.7 Å². The molecule has 2 aromatic rings. The Hall–Kier alpha value is -3.77. The van der Waals surface area contributed by atoms with Gasteiger partial charge in [-0.2, -0.15) is 18.3 Å². The summed E-state index contributed by atoms with van der Waals surface area (Å²) in [5.41, 5.74) is 4.93. The molecular formula is C29H38F3N5O5. The second kappa shape index (κ2) is 11.1. The highest BCUT2D eigenvalue weighted by atomic mass is 19.4. The van der Waals surface area contributed by atoms with Crippen LogP contribution in [0, 0.1) is 11.3 Å². The van der Waals surface area contributed by atoms with Gasteiger partial charge in [0, 0.05) is 28.9 Å². The largest absolute Gasteiger partial charge is 0.480 e. The summed E-state index contributed by atoms with van der Waals surface area (Å²) in [7, 11) is 0. The Labute approximate surface area is 242 Å². The summed E-state index contributed by atoms with van der Waals surface area (Å²) in [5.74, 6) is -2.58. The summed E-state index contributed by atoms with van der Waals surface area (Å²) in [5, 5.41) is 19.6. The fourth-order valence-corrected chi connectivity index (χ4v) is 5.93. The van der Waals surface area contributed by atoms with Crippen molar-refractivity contribution in [3.63, 3.8) is 0 Å². The molecule has 0 aliphatic heterocycles. The van der Waals surface area contributed by atoms with E-state index in [1.54, 1.807) is 20.8 Å². The molecule has 4 rings (SSSR count). The molecular weight excluding hydrogens is 555 g/mol. The highest BCUT2D eigenvalue weighted by molar-refractivity contribution is 5.99. The third-order valence-corrected chi connectivity index (χ3v) is 7.85. The van der Waals surface area contributed by atoms with Gasteiger partial charge in [-0.1, -0.05) is 20.3 Å². The summed E-state index contributed by atoms with van der Waals surface area (Å²) in [6.07, 6.45) is -2.65. The van der Waals surface area contributed by atoms with Crippen molar-refractivity contribution in [3.8, 4) is 5.69 Å². The number of ether oxygens (including phenoxy) is 1. The van der Waals surface area contributed by atoms with Crippen molar-refractivity contribution in [2.45, 2.75) is 97.0 Å². The number of nitrogens with two attached hydrogens (primary N) is 1. The second-order valence-corrected chi connectivity index (χ2v) is 12.9. The van der Waals surface area contributed by atoms with Crippen molar-refractivity contribution in [2.75, 3.05) is 5.32 Å². The number of aliphatic carboxylic acids is 1. The van der Waals surface area contributed by atoms with Crippen molar-refractivity contribution in [2.24, 2.45) is 17.1 Å². The molecule has 0 bridgehead atoms. The molecule has 2 amide bonds. The number of benzene rings is 1. The normalized spacial score (nSPS) is 20.9. The molecule has 3 atom stereocenters. The molecule has 13 heteroatoms. The summed E-state index contributed by atoms with van der Waals surface area (Å²) < 4.78 is 48.4. The van der Waals surface area contributed by atoms with Gasteiger partial charge < -0.3 is 26.2 Å². The standard InChI is InChI=1S/C29H38F3N5O5/c1-27(2,3)42-26(41)35-22(25(39)40)16-7-6-8-19(16)34-20-13-15(9-10-17(20)24(33)38)37-21-14-28(4,5)12-11-18(21)23(36-37)29(30,31)32/h9-10,13,16,19,22,34H,6-8,11-12,14H2,1-5H3,(H2,33,38)(H,35,41)(H,39,40)/t16-,19?,22-/m0/s1. The maximum atomic E-state index is 13.9. The van der Waals surface area contributed by atoms with Gasteiger partial charge in [-0.25, -0.2) is 14.3 Å². The van der Waals surface area contributed by atoms with E-state index in [0.717, 1.165) is 0 Å². The number of amides is 2. The fraction of sp³-hybridized carbons (Fsp3) is 0.586. The molecule has 1 unspecified atom stereocenters. The lowest BCUT2D eigenvalue weighted by Crippen LogP contribution is -2.50. The van der Waals surface area contributed by atoms with Crippen LogP contribution in [0.15, 0.2) is 18.2 Å². The molecule has 0 radical (unpaired) electrons. The number of anilines is 1. The maximum Gasteiger partial charge on any atom is 0.435 e. The van der Waals surface area contributed by atoms with E-state index in [0.29, 0.717) is 43.5 Å². The molecule has 42 heavy (non-hydrogen) atoms. The number of halogens is 3. The summed E-state index contributed by atoms with van der Waals surface area (Å²) in [6, 6.07) is 2.66. The van der Waals surface area contributed by atoms with Crippen LogP contribution in [0.1, 0.15) is 87.6 Å². The number of carbonyl (C=O) groups excluding carboxylic acids is 2. The Morgan fingerprint density at radius 2 is 1.88 bits per heavy atom. The first kappa shape index (κ1) is 31.2. The summed E-state index contributed by atoms with van der Waals surface area (Å²) in [4.78, 5) is 36.9. The molecule has 1 saturated carbocycles. The molecule has 1 fully saturated rings. The van der Waals surface area contributed by atoms with Crippen LogP contribution < -0.4 is 16.4 Å². The average molecular weight is 594 g/mol. The van der Waals surface area contributed by atoms with Gasteiger partial charge in [-0.15, -0.1) is 0 Å². The third-order valence-electron chi connectivity index (χ3n) is 7.85. The number of alkyl halides is 3. The van der Waals surface area contributed by atoms with E-state index in [2.05, 4.69) is 15.7 Å². The third kappa shape index (κ3) is 6.81. The van der Waals surface area contributed by atoms with Crippen LogP contribution in [0.5, 0.6) is 0 Å². The van der Waals surface area contributed by atoms with Crippen LogP contribution in [0.3, 0.4) is 0 Å². The lowest BCUT2D eigenvalue weighted by molar-refractivity contribution is -0.142. The van der Waals surface area contributed by atoms with Crippen molar-refractivity contribution in [1.29, 1.82) is 0 Å². The Kier molecular flexibility index (Phi) is 8.27. The van der Waals surface area contributed by atoms with Crippen molar-refractivity contribution < 1.29 is 37.4 Å². The Morgan fingerprint density at radius 1 is 1.19 bits per heavy atom. The number of aromatic nitrogens is 2. The monoisotopic (exact) mass is 593 g/mol. The van der Waals surface area contributed by atoms with Gasteiger partial charge in [0.05, 0.1) is 11.3 Å². The summed E-state index contributed by atoms with van der Waals surface area (Å²) in [6.45, 7) is 8.98. The van der Waals surface area contributed by atoms with E-state index in [-0.39, 0.29) is 28.7 Å². The number of primary amides is 1. The molecule has 0 spiro atoms. The van der Waals surface area contributed by atoms with Crippen LogP contribution in [-0.4, -0.2) is 50.5 Å². The first-order valence-corrected chi connectivity index (χ1v) is 14.0. The number of hydrogen-bond acceptors (Lipinski definition) is 6. The predicted octanol–water partition coefficient (Wildman–Crippen LogP) is 5.06. The van der Waals surface area contributed by atoms with Crippen LogP contribution in [0.2, 0.25) is 0 Å². The second-order valence-electron chi connectivity index (χ2n) is 12.9. The number of carboxylic acid groups (broad SMARTS) is 1. The number of hydrogen-bond donors (Lipinski definition) is 4. The molecule has 2 aliphatic rings. The minimum absolute atomic E-state index is 0.0915. The lowest BCUT2D eigenvalue weighted by atomic mass is 9.76. The zero-order valence-electron chi connectivity index (χ0n) is 24.4. The van der Waals surface area contributed by atoms with Gasteiger partial charge in [0.15, 0.2) is 5.69 Å². The topological polar surface area (TPSA) is 149 Å². The minimum atomic E-state index is -4.63. The summed E-state index contributed by atoms with van der Waals surface area (Å²) >= 11 is 0. The maximum absolute atomic E-state index is 13.9. The van der Waals surface area contributed by atoms with E-state index < -0.39 is 53.4 Å². The Balaban J connectivity index is 1.70. The number of rotatable bonds is 7. The fourth-order valence-electron chi connectivity index (χ4n) is 5.93. The molecule has 0 saturated heterocycles. The predicted molar refractivity (Wildman–Crippen MR) is 148 cm³/mol. The highest BCUT2D eigenvalue weighted by Gasteiger charge is 2.43. The van der Waals surface area contributed by atoms with E-state index in [1.807, 2.05) is 13.8 Å². The number of fused-ring (bicyclic) bond motifs is 1. The molecule has 230 valence electrons. The zero-order chi connectivity index (χ0) is 31.2. The van der Waals surface area contributed by atoms with E-state index in [9.17, 15) is 32.7 Å². The lowest BCUT2D eigenvalue weighted by Gasteiger charge is -2.30. The van der Waals surface area contributed by atoms with Gasteiger partial charge in [-0.3, -0.25) is 4.79 Å². The van der Waals surface area contributed by atoms with E-state index in [1.165, 1.54) is 22.9 Å². The Morgan fingerprint density at radius 3 is 2.48 bits per heavy atom.